The van der Waals surface area contributed by atoms with E-state index in [1.807, 2.05) is 0 Å². The number of rotatable bonds is 6. The lowest BCUT2D eigenvalue weighted by molar-refractivity contribution is 0.00944. The van der Waals surface area contributed by atoms with Gasteiger partial charge in [-0.1, -0.05) is 25.1 Å². The Balaban J connectivity index is 1.71. The van der Waals surface area contributed by atoms with Crippen LogP contribution in [0.1, 0.15) is 18.9 Å². The van der Waals surface area contributed by atoms with Crippen molar-refractivity contribution >= 4 is 5.69 Å². The van der Waals surface area contributed by atoms with E-state index >= 15 is 0 Å². The number of anilines is 1. The molecule has 0 radical (unpaired) electrons. The summed E-state index contributed by atoms with van der Waals surface area (Å²) in [6, 6.07) is 8.42. The minimum absolute atomic E-state index is 0.273. The summed E-state index contributed by atoms with van der Waals surface area (Å²) in [4.78, 5) is 0. The van der Waals surface area contributed by atoms with Gasteiger partial charge in [0.05, 0.1) is 19.3 Å². The largest absolute Gasteiger partial charge is 0.382 e. The maximum atomic E-state index is 5.80. The second kappa shape index (κ2) is 6.62. The molecule has 0 saturated carbocycles. The number of ether oxygens (including phenoxy) is 2. The fraction of sp³-hybridized carbons (Fsp3) is 0.571. The average molecular weight is 235 g/mol. The Morgan fingerprint density at radius 2 is 2.12 bits per heavy atom. The Hall–Kier alpha value is -1.06. The molecule has 2 rings (SSSR count). The van der Waals surface area contributed by atoms with Crippen LogP contribution in [0.15, 0.2) is 24.3 Å². The molecule has 94 valence electrons. The molecule has 0 saturated heterocycles. The van der Waals surface area contributed by atoms with Crippen molar-refractivity contribution in [2.45, 2.75) is 25.9 Å². The van der Waals surface area contributed by atoms with Gasteiger partial charge in [0.2, 0.25) is 0 Å². The van der Waals surface area contributed by atoms with Gasteiger partial charge in [-0.25, -0.2) is 0 Å². The van der Waals surface area contributed by atoms with Crippen molar-refractivity contribution in [2.24, 2.45) is 0 Å². The molecule has 1 atom stereocenters. The maximum Gasteiger partial charge on any atom is 0.0789 e. The first kappa shape index (κ1) is 12.4. The molecule has 0 aromatic heterocycles. The molecule has 0 aliphatic carbocycles. The molecule has 1 aromatic rings. The Bertz CT molecular complexity index is 341. The number of benzene rings is 1. The van der Waals surface area contributed by atoms with Gasteiger partial charge in [-0.05, 0) is 18.1 Å². The van der Waals surface area contributed by atoms with E-state index in [0.717, 1.165) is 26.0 Å². The summed E-state index contributed by atoms with van der Waals surface area (Å²) < 4.78 is 11.2. The van der Waals surface area contributed by atoms with Gasteiger partial charge in [0, 0.05) is 25.3 Å². The van der Waals surface area contributed by atoms with Crippen molar-refractivity contribution in [3.63, 3.8) is 0 Å². The Morgan fingerprint density at radius 3 is 3.00 bits per heavy atom. The van der Waals surface area contributed by atoms with E-state index in [0.29, 0.717) is 13.2 Å². The molecule has 1 heterocycles. The van der Waals surface area contributed by atoms with Crippen molar-refractivity contribution in [3.05, 3.63) is 29.8 Å². The van der Waals surface area contributed by atoms with Crippen LogP contribution in [0.5, 0.6) is 0 Å². The Morgan fingerprint density at radius 1 is 1.24 bits per heavy atom. The van der Waals surface area contributed by atoms with Crippen LogP contribution in [-0.4, -0.2) is 32.5 Å². The van der Waals surface area contributed by atoms with Gasteiger partial charge >= 0.3 is 0 Å². The molecule has 1 aliphatic heterocycles. The number of hydrogen-bond acceptors (Lipinski definition) is 3. The molecule has 1 N–H and O–H groups in total. The van der Waals surface area contributed by atoms with Gasteiger partial charge in [-0.15, -0.1) is 0 Å². The van der Waals surface area contributed by atoms with E-state index in [9.17, 15) is 0 Å². The zero-order chi connectivity index (χ0) is 11.9. The second-order valence-corrected chi connectivity index (χ2v) is 4.35. The minimum Gasteiger partial charge on any atom is -0.382 e. The van der Waals surface area contributed by atoms with E-state index < -0.39 is 0 Å². The number of nitrogens with one attached hydrogen (secondary N) is 1. The SMILES string of the molecule is CCCOCCOC1CNc2ccccc2C1. The molecule has 1 aliphatic rings. The third-order valence-corrected chi connectivity index (χ3v) is 2.91. The highest BCUT2D eigenvalue weighted by atomic mass is 16.5. The topological polar surface area (TPSA) is 30.5 Å². The zero-order valence-corrected chi connectivity index (χ0v) is 10.4. The minimum atomic E-state index is 0.273. The Kier molecular flexibility index (Phi) is 4.83. The van der Waals surface area contributed by atoms with Gasteiger partial charge in [0.25, 0.3) is 0 Å². The van der Waals surface area contributed by atoms with Crippen LogP contribution in [0.4, 0.5) is 5.69 Å². The van der Waals surface area contributed by atoms with Crippen molar-refractivity contribution < 1.29 is 9.47 Å². The van der Waals surface area contributed by atoms with Gasteiger partial charge in [-0.3, -0.25) is 0 Å². The molecule has 1 unspecified atom stereocenters. The molecule has 3 heteroatoms. The van der Waals surface area contributed by atoms with Crippen molar-refractivity contribution in [1.82, 2.24) is 0 Å². The monoisotopic (exact) mass is 235 g/mol. The fourth-order valence-electron chi connectivity index (χ4n) is 2.05. The Labute approximate surface area is 103 Å². The quantitative estimate of drug-likeness (QED) is 0.768. The van der Waals surface area contributed by atoms with E-state index in [1.165, 1.54) is 11.3 Å². The molecule has 0 bridgehead atoms. The first-order valence-corrected chi connectivity index (χ1v) is 6.41. The summed E-state index contributed by atoms with van der Waals surface area (Å²) in [5.74, 6) is 0. The fourth-order valence-corrected chi connectivity index (χ4v) is 2.05. The molecule has 3 nitrogen and oxygen atoms in total. The van der Waals surface area contributed by atoms with Crippen molar-refractivity contribution in [1.29, 1.82) is 0 Å². The molecular formula is C14H21NO2. The summed E-state index contributed by atoms with van der Waals surface area (Å²) in [7, 11) is 0. The highest BCUT2D eigenvalue weighted by molar-refractivity contribution is 5.53. The first-order chi connectivity index (χ1) is 8.40. The zero-order valence-electron chi connectivity index (χ0n) is 10.4. The van der Waals surface area contributed by atoms with Crippen molar-refractivity contribution in [2.75, 3.05) is 31.7 Å². The summed E-state index contributed by atoms with van der Waals surface area (Å²) in [5, 5.41) is 3.40. The molecule has 17 heavy (non-hydrogen) atoms. The third kappa shape index (κ3) is 3.72. The van der Waals surface area contributed by atoms with Crippen LogP contribution < -0.4 is 5.32 Å². The predicted molar refractivity (Wildman–Crippen MR) is 69.5 cm³/mol. The summed E-state index contributed by atoms with van der Waals surface area (Å²) in [5.41, 5.74) is 2.59. The molecule has 0 fully saturated rings. The lowest BCUT2D eigenvalue weighted by Crippen LogP contribution is -2.31. The second-order valence-electron chi connectivity index (χ2n) is 4.35. The molecule has 1 aromatic carbocycles. The first-order valence-electron chi connectivity index (χ1n) is 6.41. The van der Waals surface area contributed by atoms with Gasteiger partial charge in [0.15, 0.2) is 0 Å². The van der Waals surface area contributed by atoms with E-state index in [4.69, 9.17) is 9.47 Å². The van der Waals surface area contributed by atoms with Crippen LogP contribution in [-0.2, 0) is 15.9 Å². The summed E-state index contributed by atoms with van der Waals surface area (Å²) >= 11 is 0. The average Bonchev–Trinajstić information content (AvgIpc) is 2.38. The third-order valence-electron chi connectivity index (χ3n) is 2.91. The highest BCUT2D eigenvalue weighted by Gasteiger charge is 2.17. The maximum absolute atomic E-state index is 5.80. The summed E-state index contributed by atoms with van der Waals surface area (Å²) in [6.07, 6.45) is 2.34. The van der Waals surface area contributed by atoms with E-state index in [2.05, 4.69) is 36.5 Å². The predicted octanol–water partition coefficient (Wildman–Crippen LogP) is 2.47. The number of hydrogen-bond donors (Lipinski definition) is 1. The van der Waals surface area contributed by atoms with Gasteiger partial charge in [-0.2, -0.15) is 0 Å². The van der Waals surface area contributed by atoms with Crippen LogP contribution >= 0.6 is 0 Å². The van der Waals surface area contributed by atoms with Crippen LogP contribution in [0.2, 0.25) is 0 Å². The smallest absolute Gasteiger partial charge is 0.0789 e. The molecular weight excluding hydrogens is 214 g/mol. The molecule has 0 amide bonds. The molecule has 0 spiro atoms. The van der Waals surface area contributed by atoms with E-state index in [-0.39, 0.29) is 6.10 Å². The lowest BCUT2D eigenvalue weighted by atomic mass is 10.0. The highest BCUT2D eigenvalue weighted by Crippen LogP contribution is 2.22. The van der Waals surface area contributed by atoms with Crippen LogP contribution in [0, 0.1) is 0 Å². The summed E-state index contributed by atoms with van der Waals surface area (Å²) in [6.45, 7) is 5.23. The van der Waals surface area contributed by atoms with Crippen LogP contribution in [0.25, 0.3) is 0 Å². The van der Waals surface area contributed by atoms with E-state index in [1.54, 1.807) is 0 Å². The lowest BCUT2D eigenvalue weighted by Gasteiger charge is -2.26. The number of fused-ring (bicyclic) bond motifs is 1. The van der Waals surface area contributed by atoms with Gasteiger partial charge < -0.3 is 14.8 Å². The normalized spacial score (nSPS) is 18.5. The van der Waals surface area contributed by atoms with Gasteiger partial charge in [0.1, 0.15) is 0 Å². The van der Waals surface area contributed by atoms with Crippen LogP contribution in [0.3, 0.4) is 0 Å². The van der Waals surface area contributed by atoms with Crippen molar-refractivity contribution in [3.8, 4) is 0 Å². The number of para-hydroxylation sites is 1. The standard InChI is InChI=1S/C14H21NO2/c1-2-7-16-8-9-17-13-10-12-5-3-4-6-14(12)15-11-13/h3-6,13,15H,2,7-11H2,1H3.